The molecule has 0 aromatic heterocycles. The predicted molar refractivity (Wildman–Crippen MR) is 156 cm³/mol. The van der Waals surface area contributed by atoms with E-state index >= 15 is 0 Å². The molecule has 214 valence electrons. The van der Waals surface area contributed by atoms with Crippen LogP contribution in [-0.4, -0.2) is 46.1 Å². The summed E-state index contributed by atoms with van der Waals surface area (Å²) in [7, 11) is 0. The van der Waals surface area contributed by atoms with E-state index in [0.717, 1.165) is 22.3 Å². The lowest BCUT2D eigenvalue weighted by molar-refractivity contribution is -0.151. The lowest BCUT2D eigenvalue weighted by Crippen LogP contribution is -2.52. The fourth-order valence-corrected chi connectivity index (χ4v) is 5.84. The van der Waals surface area contributed by atoms with Crippen molar-refractivity contribution in [2.24, 2.45) is 0 Å². The molecule has 3 amide bonds. The molecule has 1 aliphatic heterocycles. The van der Waals surface area contributed by atoms with E-state index < -0.39 is 29.2 Å². The molecule has 0 radical (unpaired) electrons. The third-order valence-electron chi connectivity index (χ3n) is 7.49. The number of halogens is 1. The zero-order valence-electron chi connectivity index (χ0n) is 23.4. The Morgan fingerprint density at radius 2 is 1.56 bits per heavy atom. The standard InChI is InChI=1S/C32H34ClN3O5/c1-31(2,3)41-30(39)35-18-20-14-15-22(33)17-21(20)19-34-28(37)27-13-8-16-36(27)29(38)32(40)25-11-6-4-9-23(25)24-10-5-7-12-26(24)32/h4-7,9-12,14-15,17,27,40H,8,13,16,18-19H2,1-3H3,(H,34,37)(H,35,39)/t27-/m0/s1. The van der Waals surface area contributed by atoms with E-state index in [0.29, 0.717) is 35.5 Å². The summed E-state index contributed by atoms with van der Waals surface area (Å²) in [6.07, 6.45) is 0.584. The minimum Gasteiger partial charge on any atom is -0.444 e. The first-order valence-electron chi connectivity index (χ1n) is 13.7. The van der Waals surface area contributed by atoms with Gasteiger partial charge in [-0.2, -0.15) is 0 Å². The Balaban J connectivity index is 1.31. The second kappa shape index (κ2) is 11.2. The molecule has 1 heterocycles. The number of hydrogen-bond donors (Lipinski definition) is 3. The Kier molecular flexibility index (Phi) is 7.81. The Hall–Kier alpha value is -3.88. The number of likely N-dealkylation sites (tertiary alicyclic amines) is 1. The average Bonchev–Trinajstić information content (AvgIpc) is 3.53. The molecule has 1 atom stereocenters. The monoisotopic (exact) mass is 575 g/mol. The summed E-state index contributed by atoms with van der Waals surface area (Å²) in [4.78, 5) is 41.2. The van der Waals surface area contributed by atoms with Crippen LogP contribution in [-0.2, 0) is 33.0 Å². The van der Waals surface area contributed by atoms with Crippen LogP contribution in [0.25, 0.3) is 11.1 Å². The van der Waals surface area contributed by atoms with Gasteiger partial charge in [0.15, 0.2) is 5.60 Å². The van der Waals surface area contributed by atoms with Gasteiger partial charge in [0.2, 0.25) is 5.91 Å². The van der Waals surface area contributed by atoms with Crippen molar-refractivity contribution in [3.8, 4) is 11.1 Å². The van der Waals surface area contributed by atoms with Gasteiger partial charge in [0.05, 0.1) is 0 Å². The van der Waals surface area contributed by atoms with Crippen molar-refractivity contribution in [2.45, 2.75) is 63.9 Å². The maximum absolute atomic E-state index is 14.1. The van der Waals surface area contributed by atoms with Gasteiger partial charge in [-0.25, -0.2) is 4.79 Å². The average molecular weight is 576 g/mol. The minimum atomic E-state index is -1.87. The lowest BCUT2D eigenvalue weighted by Gasteiger charge is -2.33. The molecule has 0 saturated carbocycles. The van der Waals surface area contributed by atoms with E-state index in [1.165, 1.54) is 4.90 Å². The van der Waals surface area contributed by atoms with Gasteiger partial charge in [0.1, 0.15) is 11.6 Å². The molecule has 3 N–H and O–H groups in total. The summed E-state index contributed by atoms with van der Waals surface area (Å²) < 4.78 is 5.31. The maximum Gasteiger partial charge on any atom is 0.407 e. The molecule has 5 rings (SSSR count). The van der Waals surface area contributed by atoms with Crippen molar-refractivity contribution >= 4 is 29.5 Å². The Morgan fingerprint density at radius 3 is 2.20 bits per heavy atom. The van der Waals surface area contributed by atoms with Crippen molar-refractivity contribution in [1.29, 1.82) is 0 Å². The van der Waals surface area contributed by atoms with Crippen molar-refractivity contribution in [3.63, 3.8) is 0 Å². The quantitative estimate of drug-likeness (QED) is 0.388. The summed E-state index contributed by atoms with van der Waals surface area (Å²) in [6.45, 7) is 6.07. The Labute approximate surface area is 244 Å². The predicted octanol–water partition coefficient (Wildman–Crippen LogP) is 4.89. The first-order chi connectivity index (χ1) is 19.5. The van der Waals surface area contributed by atoms with Crippen molar-refractivity contribution in [3.05, 3.63) is 94.0 Å². The summed E-state index contributed by atoms with van der Waals surface area (Å²) in [5.41, 5.74) is 1.69. The molecule has 0 unspecified atom stereocenters. The molecule has 0 spiro atoms. The van der Waals surface area contributed by atoms with E-state index in [9.17, 15) is 19.5 Å². The molecule has 3 aromatic rings. The third-order valence-corrected chi connectivity index (χ3v) is 7.73. The number of fused-ring (bicyclic) bond motifs is 3. The lowest BCUT2D eigenvalue weighted by atomic mass is 9.89. The largest absolute Gasteiger partial charge is 0.444 e. The zero-order valence-corrected chi connectivity index (χ0v) is 24.1. The highest BCUT2D eigenvalue weighted by Gasteiger charge is 2.52. The molecule has 1 saturated heterocycles. The Bertz CT molecular complexity index is 1450. The third kappa shape index (κ3) is 5.67. The van der Waals surface area contributed by atoms with Crippen LogP contribution in [0.2, 0.25) is 5.02 Å². The topological polar surface area (TPSA) is 108 Å². The second-order valence-corrected chi connectivity index (χ2v) is 11.9. The van der Waals surface area contributed by atoms with Gasteiger partial charge >= 0.3 is 6.09 Å². The fourth-order valence-electron chi connectivity index (χ4n) is 5.65. The van der Waals surface area contributed by atoms with Gasteiger partial charge in [-0.1, -0.05) is 66.2 Å². The molecule has 9 heteroatoms. The van der Waals surface area contributed by atoms with Gasteiger partial charge in [-0.3, -0.25) is 9.59 Å². The number of benzene rings is 3. The van der Waals surface area contributed by atoms with Gasteiger partial charge < -0.3 is 25.4 Å². The molecule has 3 aromatic carbocycles. The molecular weight excluding hydrogens is 542 g/mol. The van der Waals surface area contributed by atoms with E-state index in [2.05, 4.69) is 10.6 Å². The number of hydrogen-bond acceptors (Lipinski definition) is 5. The van der Waals surface area contributed by atoms with Gasteiger partial charge in [-0.05, 0) is 68.0 Å². The van der Waals surface area contributed by atoms with Crippen LogP contribution < -0.4 is 10.6 Å². The molecule has 0 bridgehead atoms. The molecule has 1 aliphatic carbocycles. The summed E-state index contributed by atoms with van der Waals surface area (Å²) >= 11 is 6.24. The molecule has 41 heavy (non-hydrogen) atoms. The molecule has 2 aliphatic rings. The zero-order chi connectivity index (χ0) is 29.4. The van der Waals surface area contributed by atoms with Crippen LogP contribution in [0.4, 0.5) is 4.79 Å². The number of carbonyl (C=O) groups is 3. The SMILES string of the molecule is CC(C)(C)OC(=O)NCc1ccc(Cl)cc1CNC(=O)[C@@H]1CCCN1C(=O)C1(O)c2ccccc2-c2ccccc21. The van der Waals surface area contributed by atoms with Crippen LogP contribution in [0.5, 0.6) is 0 Å². The number of ether oxygens (including phenoxy) is 1. The number of aliphatic hydroxyl groups is 1. The molecule has 8 nitrogen and oxygen atoms in total. The van der Waals surface area contributed by atoms with E-state index in [1.807, 2.05) is 24.3 Å². The molecule has 1 fully saturated rings. The number of amides is 3. The van der Waals surface area contributed by atoms with Crippen LogP contribution in [0.15, 0.2) is 66.7 Å². The smallest absolute Gasteiger partial charge is 0.407 e. The molecular formula is C32H34ClN3O5. The van der Waals surface area contributed by atoms with Crippen LogP contribution in [0, 0.1) is 0 Å². The second-order valence-electron chi connectivity index (χ2n) is 11.4. The highest BCUT2D eigenvalue weighted by Crippen LogP contribution is 2.48. The maximum atomic E-state index is 14.1. The van der Waals surface area contributed by atoms with E-state index in [-0.39, 0.29) is 19.0 Å². The highest BCUT2D eigenvalue weighted by molar-refractivity contribution is 6.30. The number of alkyl carbamates (subject to hydrolysis) is 1. The fraction of sp³-hybridized carbons (Fsp3) is 0.344. The van der Waals surface area contributed by atoms with Crippen LogP contribution >= 0.6 is 11.6 Å². The summed E-state index contributed by atoms with van der Waals surface area (Å²) in [5.74, 6) is -0.817. The van der Waals surface area contributed by atoms with Crippen molar-refractivity contribution in [1.82, 2.24) is 15.5 Å². The number of nitrogens with zero attached hydrogens (tertiary/aromatic N) is 1. The summed E-state index contributed by atoms with van der Waals surface area (Å²) in [5, 5.41) is 18.2. The first-order valence-corrected chi connectivity index (χ1v) is 14.1. The van der Waals surface area contributed by atoms with Crippen molar-refractivity contribution in [2.75, 3.05) is 6.54 Å². The number of carbonyl (C=O) groups excluding carboxylic acids is 3. The number of nitrogens with one attached hydrogen (secondary N) is 2. The van der Waals surface area contributed by atoms with Crippen LogP contribution in [0.3, 0.4) is 0 Å². The first kappa shape index (κ1) is 28.6. The van der Waals surface area contributed by atoms with E-state index in [4.69, 9.17) is 16.3 Å². The van der Waals surface area contributed by atoms with Gasteiger partial charge in [-0.15, -0.1) is 0 Å². The number of rotatable bonds is 6. The van der Waals surface area contributed by atoms with Crippen molar-refractivity contribution < 1.29 is 24.2 Å². The van der Waals surface area contributed by atoms with E-state index in [1.54, 1.807) is 63.2 Å². The minimum absolute atomic E-state index is 0.152. The summed E-state index contributed by atoms with van der Waals surface area (Å²) in [6, 6.07) is 19.2. The van der Waals surface area contributed by atoms with Gasteiger partial charge in [0.25, 0.3) is 5.91 Å². The van der Waals surface area contributed by atoms with Crippen LogP contribution in [0.1, 0.15) is 55.9 Å². The highest BCUT2D eigenvalue weighted by atomic mass is 35.5. The van der Waals surface area contributed by atoms with Gasteiger partial charge in [0, 0.05) is 35.8 Å². The normalized spacial score (nSPS) is 17.0. The Morgan fingerprint density at radius 1 is 0.951 bits per heavy atom.